The average molecular weight is 367 g/mol. The highest BCUT2D eigenvalue weighted by Crippen LogP contribution is 2.60. The van der Waals surface area contributed by atoms with Gasteiger partial charge in [-0.05, 0) is 102 Å². The van der Waals surface area contributed by atoms with Gasteiger partial charge in [-0.1, -0.05) is 12.8 Å². The minimum atomic E-state index is 0.241. The van der Waals surface area contributed by atoms with Crippen LogP contribution in [0.2, 0.25) is 0 Å². The highest BCUT2D eigenvalue weighted by molar-refractivity contribution is 6.20. The summed E-state index contributed by atoms with van der Waals surface area (Å²) < 4.78 is 0. The van der Waals surface area contributed by atoms with Gasteiger partial charge in [0, 0.05) is 23.0 Å². The zero-order valence-electron chi connectivity index (χ0n) is 16.8. The van der Waals surface area contributed by atoms with Crippen molar-refractivity contribution in [1.82, 2.24) is 10.2 Å². The second kappa shape index (κ2) is 6.99. The second-order valence-electron chi connectivity index (χ2n) is 10.6. The number of hydrogen-bond acceptors (Lipinski definition) is 2. The Balaban J connectivity index is 1.55. The Kier molecular flexibility index (Phi) is 5.19. The third-order valence-corrected chi connectivity index (χ3v) is 8.57. The maximum Gasteiger partial charge on any atom is 0.0340 e. The van der Waals surface area contributed by atoms with Crippen LogP contribution in [0.5, 0.6) is 0 Å². The summed E-state index contributed by atoms with van der Waals surface area (Å²) in [6.07, 6.45) is 11.2. The molecule has 3 heteroatoms. The van der Waals surface area contributed by atoms with E-state index >= 15 is 0 Å². The maximum atomic E-state index is 6.66. The molecule has 0 amide bonds. The molecule has 1 saturated heterocycles. The van der Waals surface area contributed by atoms with Crippen LogP contribution < -0.4 is 5.32 Å². The first-order chi connectivity index (χ1) is 11.9. The largest absolute Gasteiger partial charge is 0.312 e. The van der Waals surface area contributed by atoms with E-state index in [4.69, 9.17) is 11.6 Å². The van der Waals surface area contributed by atoms with E-state index in [9.17, 15) is 0 Å². The predicted octanol–water partition coefficient (Wildman–Crippen LogP) is 4.91. The number of nitrogens with zero attached hydrogens (tertiary/aromatic N) is 1. The van der Waals surface area contributed by atoms with E-state index in [0.29, 0.717) is 5.38 Å². The van der Waals surface area contributed by atoms with Gasteiger partial charge >= 0.3 is 0 Å². The average Bonchev–Trinajstić information content (AvgIpc) is 3.01. The number of halogens is 1. The normalized spacial score (nSPS) is 47.4. The van der Waals surface area contributed by atoms with Crippen LogP contribution in [0.1, 0.15) is 72.1 Å². The summed E-state index contributed by atoms with van der Waals surface area (Å²) in [7, 11) is 2.46. The van der Waals surface area contributed by atoms with Crippen LogP contribution in [0.15, 0.2) is 0 Å². The Morgan fingerprint density at radius 1 is 1.00 bits per heavy atom. The van der Waals surface area contributed by atoms with Crippen LogP contribution in [-0.4, -0.2) is 41.5 Å². The third-order valence-electron chi connectivity index (χ3n) is 8.17. The molecule has 0 aromatic heterocycles. The molecule has 8 unspecified atom stereocenters. The summed E-state index contributed by atoms with van der Waals surface area (Å²) in [6.45, 7) is 8.08. The molecule has 8 atom stereocenters. The molecular formula is C22H39ClN2. The van der Waals surface area contributed by atoms with Crippen LogP contribution in [0.25, 0.3) is 0 Å². The molecule has 1 heterocycles. The van der Waals surface area contributed by atoms with E-state index in [1.807, 2.05) is 0 Å². The molecule has 3 aliphatic carbocycles. The molecule has 0 bridgehead atoms. The summed E-state index contributed by atoms with van der Waals surface area (Å²) in [5, 5.41) is 4.21. The molecule has 0 aromatic rings. The van der Waals surface area contributed by atoms with E-state index in [0.717, 1.165) is 41.7 Å². The molecule has 4 fully saturated rings. The lowest BCUT2D eigenvalue weighted by atomic mass is 9.71. The quantitative estimate of drug-likeness (QED) is 0.714. The SMILES string of the molecule is CN1C2CCC(Cl)CC2C2C(CCNC(C)(C)C)C3CCCCC3C21. The number of alkyl halides is 1. The summed E-state index contributed by atoms with van der Waals surface area (Å²) in [6, 6.07) is 1.69. The smallest absolute Gasteiger partial charge is 0.0340 e. The topological polar surface area (TPSA) is 15.3 Å². The molecule has 0 spiro atoms. The fourth-order valence-corrected chi connectivity index (χ4v) is 7.74. The van der Waals surface area contributed by atoms with Crippen molar-refractivity contribution in [3.05, 3.63) is 0 Å². The van der Waals surface area contributed by atoms with Gasteiger partial charge in [0.25, 0.3) is 0 Å². The number of likely N-dealkylation sites (tertiary alicyclic amines) is 1. The summed E-state index contributed by atoms with van der Waals surface area (Å²) in [5.74, 6) is 4.69. The van der Waals surface area contributed by atoms with E-state index in [-0.39, 0.29) is 5.54 Å². The highest BCUT2D eigenvalue weighted by atomic mass is 35.5. The minimum absolute atomic E-state index is 0.241. The number of nitrogens with one attached hydrogen (secondary N) is 1. The number of hydrogen-bond donors (Lipinski definition) is 1. The van der Waals surface area contributed by atoms with Crippen molar-refractivity contribution in [2.24, 2.45) is 29.6 Å². The van der Waals surface area contributed by atoms with Gasteiger partial charge in [0.2, 0.25) is 0 Å². The Bertz CT molecular complexity index is 473. The van der Waals surface area contributed by atoms with Gasteiger partial charge in [-0.2, -0.15) is 0 Å². The van der Waals surface area contributed by atoms with Crippen LogP contribution in [-0.2, 0) is 0 Å². The Labute approximate surface area is 160 Å². The second-order valence-corrected chi connectivity index (χ2v) is 11.2. The van der Waals surface area contributed by atoms with Crippen LogP contribution >= 0.6 is 11.6 Å². The molecule has 4 rings (SSSR count). The van der Waals surface area contributed by atoms with Gasteiger partial charge in [-0.15, -0.1) is 11.6 Å². The molecule has 2 nitrogen and oxygen atoms in total. The molecular weight excluding hydrogens is 328 g/mol. The fraction of sp³-hybridized carbons (Fsp3) is 1.00. The number of fused-ring (bicyclic) bond motifs is 5. The molecule has 144 valence electrons. The maximum absolute atomic E-state index is 6.66. The lowest BCUT2D eigenvalue weighted by Crippen LogP contribution is -2.42. The lowest BCUT2D eigenvalue weighted by Gasteiger charge is -2.40. The van der Waals surface area contributed by atoms with E-state index in [2.05, 4.69) is 38.0 Å². The first-order valence-corrected chi connectivity index (χ1v) is 11.4. The monoisotopic (exact) mass is 366 g/mol. The van der Waals surface area contributed by atoms with Gasteiger partial charge < -0.3 is 5.32 Å². The first kappa shape index (κ1) is 18.6. The standard InChI is InChI=1S/C22H39ClN2/c1-22(2,3)24-12-11-16-15-7-5-6-8-17(15)21-20(16)18-13-14(23)9-10-19(18)25(21)4/h14-21,24H,5-13H2,1-4H3. The summed E-state index contributed by atoms with van der Waals surface area (Å²) >= 11 is 6.66. The summed E-state index contributed by atoms with van der Waals surface area (Å²) in [4.78, 5) is 2.85. The van der Waals surface area contributed by atoms with Crippen molar-refractivity contribution < 1.29 is 0 Å². The van der Waals surface area contributed by atoms with Crippen LogP contribution in [0.3, 0.4) is 0 Å². The third kappa shape index (κ3) is 3.41. The van der Waals surface area contributed by atoms with Crippen LogP contribution in [0, 0.1) is 29.6 Å². The van der Waals surface area contributed by atoms with Crippen LogP contribution in [0.4, 0.5) is 0 Å². The fourth-order valence-electron chi connectivity index (χ4n) is 7.41. The molecule has 3 saturated carbocycles. The Hall–Kier alpha value is 0.210. The highest BCUT2D eigenvalue weighted by Gasteiger charge is 2.61. The van der Waals surface area contributed by atoms with Crippen molar-refractivity contribution in [3.8, 4) is 0 Å². The van der Waals surface area contributed by atoms with Crippen molar-refractivity contribution in [1.29, 1.82) is 0 Å². The van der Waals surface area contributed by atoms with Gasteiger partial charge in [-0.3, -0.25) is 4.90 Å². The van der Waals surface area contributed by atoms with E-state index in [1.54, 1.807) is 0 Å². The van der Waals surface area contributed by atoms with Gasteiger partial charge in [0.15, 0.2) is 0 Å². The Morgan fingerprint density at radius 2 is 1.72 bits per heavy atom. The molecule has 0 aromatic carbocycles. The number of rotatable bonds is 3. The van der Waals surface area contributed by atoms with Gasteiger partial charge in [-0.25, -0.2) is 0 Å². The molecule has 25 heavy (non-hydrogen) atoms. The zero-order chi connectivity index (χ0) is 17.8. The lowest BCUT2D eigenvalue weighted by molar-refractivity contribution is 0.103. The van der Waals surface area contributed by atoms with Crippen molar-refractivity contribution in [3.63, 3.8) is 0 Å². The molecule has 1 N–H and O–H groups in total. The summed E-state index contributed by atoms with van der Waals surface area (Å²) in [5.41, 5.74) is 0.241. The minimum Gasteiger partial charge on any atom is -0.312 e. The van der Waals surface area contributed by atoms with Gasteiger partial charge in [0.05, 0.1) is 0 Å². The molecule has 1 aliphatic heterocycles. The predicted molar refractivity (Wildman–Crippen MR) is 107 cm³/mol. The Morgan fingerprint density at radius 3 is 2.44 bits per heavy atom. The van der Waals surface area contributed by atoms with Crippen molar-refractivity contribution >= 4 is 11.6 Å². The van der Waals surface area contributed by atoms with Crippen molar-refractivity contribution in [2.75, 3.05) is 13.6 Å². The van der Waals surface area contributed by atoms with Crippen molar-refractivity contribution in [2.45, 2.75) is 95.1 Å². The van der Waals surface area contributed by atoms with E-state index < -0.39 is 0 Å². The van der Waals surface area contributed by atoms with Gasteiger partial charge in [0.1, 0.15) is 0 Å². The first-order valence-electron chi connectivity index (χ1n) is 11.0. The van der Waals surface area contributed by atoms with E-state index in [1.165, 1.54) is 57.9 Å². The molecule has 4 aliphatic rings. The molecule has 0 radical (unpaired) electrons. The zero-order valence-corrected chi connectivity index (χ0v) is 17.6.